The van der Waals surface area contributed by atoms with E-state index in [-0.39, 0.29) is 18.8 Å². The van der Waals surface area contributed by atoms with Gasteiger partial charge >= 0.3 is 11.9 Å². The van der Waals surface area contributed by atoms with Gasteiger partial charge in [0.05, 0.1) is 12.3 Å². The molecule has 0 aromatic carbocycles. The summed E-state index contributed by atoms with van der Waals surface area (Å²) < 4.78 is 36.2. The van der Waals surface area contributed by atoms with Crippen molar-refractivity contribution in [3.05, 3.63) is 24.0 Å². The van der Waals surface area contributed by atoms with Gasteiger partial charge in [-0.25, -0.2) is 4.79 Å². The molecule has 23 heavy (non-hydrogen) atoms. The molecule has 1 amide bonds. The zero-order valence-corrected chi connectivity index (χ0v) is 11.9. The lowest BCUT2D eigenvalue weighted by atomic mass is 10.1. The van der Waals surface area contributed by atoms with Crippen LogP contribution >= 0.6 is 0 Å². The van der Waals surface area contributed by atoms with Crippen molar-refractivity contribution in [3.8, 4) is 0 Å². The molecule has 1 aromatic rings. The standard InChI is InChI=1S/C13H12F2N2O6/c1-6(18)23-10(13(20)21)9-12(19)17(4-5-22-9)7-2-3-8(14)16-11(7)15/h2-3,9-10H,4-5H2,1H3,(H,20,21)/t9-,10-/m1/s1. The largest absolute Gasteiger partial charge is 0.478 e. The van der Waals surface area contributed by atoms with Crippen LogP contribution in [0.25, 0.3) is 0 Å². The fraction of sp³-hybridized carbons (Fsp3) is 0.385. The number of hydrogen-bond donors (Lipinski definition) is 1. The number of ether oxygens (including phenoxy) is 2. The first kappa shape index (κ1) is 16.7. The van der Waals surface area contributed by atoms with Crippen LogP contribution in [0.2, 0.25) is 0 Å². The first-order valence-corrected chi connectivity index (χ1v) is 6.46. The SMILES string of the molecule is CC(=O)O[C@@H](C(=O)O)[C@H]1OCCN(c2ccc(F)nc2F)C1=O. The number of rotatable bonds is 4. The molecule has 0 bridgehead atoms. The number of anilines is 1. The van der Waals surface area contributed by atoms with Gasteiger partial charge < -0.3 is 19.5 Å². The molecule has 2 heterocycles. The monoisotopic (exact) mass is 330 g/mol. The second-order valence-corrected chi connectivity index (χ2v) is 4.59. The normalized spacial score (nSPS) is 19.3. The Kier molecular flexibility index (Phi) is 4.84. The van der Waals surface area contributed by atoms with E-state index in [4.69, 9.17) is 9.84 Å². The average molecular weight is 330 g/mol. The van der Waals surface area contributed by atoms with Crippen LogP contribution in [0.15, 0.2) is 12.1 Å². The number of carbonyl (C=O) groups excluding carboxylic acids is 2. The molecule has 0 aliphatic carbocycles. The summed E-state index contributed by atoms with van der Waals surface area (Å²) in [5.41, 5.74) is -0.323. The Labute approximate surface area is 128 Å². The third-order valence-electron chi connectivity index (χ3n) is 3.02. The van der Waals surface area contributed by atoms with Gasteiger partial charge in [0.15, 0.2) is 6.10 Å². The van der Waals surface area contributed by atoms with Crippen molar-refractivity contribution >= 4 is 23.5 Å². The van der Waals surface area contributed by atoms with Crippen molar-refractivity contribution in [3.63, 3.8) is 0 Å². The third kappa shape index (κ3) is 3.59. The molecular formula is C13H12F2N2O6. The molecule has 124 valence electrons. The lowest BCUT2D eigenvalue weighted by molar-refractivity contribution is -0.177. The predicted molar refractivity (Wildman–Crippen MR) is 69.4 cm³/mol. The summed E-state index contributed by atoms with van der Waals surface area (Å²) in [5, 5.41) is 9.08. The minimum Gasteiger partial charge on any atom is -0.478 e. The zero-order valence-electron chi connectivity index (χ0n) is 11.9. The van der Waals surface area contributed by atoms with Crippen LogP contribution in [0.1, 0.15) is 6.92 Å². The second-order valence-electron chi connectivity index (χ2n) is 4.59. The van der Waals surface area contributed by atoms with Crippen LogP contribution in [0, 0.1) is 11.9 Å². The molecular weight excluding hydrogens is 318 g/mol. The Morgan fingerprint density at radius 2 is 2.17 bits per heavy atom. The fourth-order valence-electron chi connectivity index (χ4n) is 2.09. The van der Waals surface area contributed by atoms with Crippen molar-refractivity contribution < 1.29 is 37.7 Å². The Morgan fingerprint density at radius 3 is 2.74 bits per heavy atom. The van der Waals surface area contributed by atoms with E-state index in [0.29, 0.717) is 0 Å². The van der Waals surface area contributed by atoms with Crippen molar-refractivity contribution in [2.75, 3.05) is 18.1 Å². The zero-order chi connectivity index (χ0) is 17.1. The smallest absolute Gasteiger partial charge is 0.348 e. The Morgan fingerprint density at radius 1 is 1.48 bits per heavy atom. The first-order valence-electron chi connectivity index (χ1n) is 6.46. The van der Waals surface area contributed by atoms with Gasteiger partial charge in [-0.1, -0.05) is 0 Å². The number of esters is 1. The fourth-order valence-corrected chi connectivity index (χ4v) is 2.09. The summed E-state index contributed by atoms with van der Waals surface area (Å²) in [7, 11) is 0. The van der Waals surface area contributed by atoms with E-state index in [1.165, 1.54) is 0 Å². The highest BCUT2D eigenvalue weighted by molar-refractivity contribution is 6.00. The van der Waals surface area contributed by atoms with Gasteiger partial charge in [-0.15, -0.1) is 0 Å². The van der Waals surface area contributed by atoms with Crippen LogP contribution < -0.4 is 4.90 Å². The summed E-state index contributed by atoms with van der Waals surface area (Å²) in [5.74, 6) is -5.72. The number of carboxylic acid groups (broad SMARTS) is 1. The molecule has 1 saturated heterocycles. The number of carboxylic acids is 1. The molecule has 1 aliphatic heterocycles. The number of morpholine rings is 1. The van der Waals surface area contributed by atoms with Crippen molar-refractivity contribution in [1.29, 1.82) is 0 Å². The molecule has 2 atom stereocenters. The molecule has 1 fully saturated rings. The second kappa shape index (κ2) is 6.65. The molecule has 2 rings (SSSR count). The van der Waals surface area contributed by atoms with Crippen molar-refractivity contribution in [2.24, 2.45) is 0 Å². The van der Waals surface area contributed by atoms with E-state index in [1.54, 1.807) is 0 Å². The quantitative estimate of drug-likeness (QED) is 0.617. The van der Waals surface area contributed by atoms with Crippen LogP contribution in [-0.4, -0.2) is 53.3 Å². The molecule has 0 spiro atoms. The number of pyridine rings is 1. The molecule has 8 nitrogen and oxygen atoms in total. The Bertz CT molecular complexity index is 653. The van der Waals surface area contributed by atoms with Gasteiger partial charge in [0.2, 0.25) is 18.0 Å². The van der Waals surface area contributed by atoms with Crippen LogP contribution in [0.4, 0.5) is 14.5 Å². The van der Waals surface area contributed by atoms with E-state index < -0.39 is 41.9 Å². The maximum absolute atomic E-state index is 13.7. The summed E-state index contributed by atoms with van der Waals surface area (Å²) in [4.78, 5) is 38.3. The van der Waals surface area contributed by atoms with Gasteiger partial charge in [-0.3, -0.25) is 9.59 Å². The minimum atomic E-state index is -1.88. The molecule has 0 unspecified atom stereocenters. The molecule has 1 aromatic heterocycles. The molecule has 0 radical (unpaired) electrons. The molecule has 10 heteroatoms. The topological polar surface area (TPSA) is 106 Å². The highest BCUT2D eigenvalue weighted by atomic mass is 19.1. The number of carbonyl (C=O) groups is 3. The van der Waals surface area contributed by atoms with Gasteiger partial charge in [-0.05, 0) is 12.1 Å². The Hall–Kier alpha value is -2.62. The van der Waals surface area contributed by atoms with Gasteiger partial charge in [0, 0.05) is 13.5 Å². The van der Waals surface area contributed by atoms with Crippen LogP contribution in [0.5, 0.6) is 0 Å². The molecule has 1 aliphatic rings. The third-order valence-corrected chi connectivity index (χ3v) is 3.02. The van der Waals surface area contributed by atoms with Crippen LogP contribution in [0.3, 0.4) is 0 Å². The number of amides is 1. The van der Waals surface area contributed by atoms with E-state index in [0.717, 1.165) is 24.0 Å². The number of aromatic nitrogens is 1. The predicted octanol–water partition coefficient (Wildman–Crippen LogP) is 0.108. The van der Waals surface area contributed by atoms with Crippen LogP contribution in [-0.2, 0) is 23.9 Å². The average Bonchev–Trinajstić information content (AvgIpc) is 2.46. The maximum atomic E-state index is 13.7. The number of nitrogens with zero attached hydrogens (tertiary/aromatic N) is 2. The summed E-state index contributed by atoms with van der Waals surface area (Å²) in [6.07, 6.45) is -3.52. The summed E-state index contributed by atoms with van der Waals surface area (Å²) >= 11 is 0. The number of aliphatic carboxylic acids is 1. The van der Waals surface area contributed by atoms with Gasteiger partial charge in [-0.2, -0.15) is 13.8 Å². The van der Waals surface area contributed by atoms with Crippen molar-refractivity contribution in [2.45, 2.75) is 19.1 Å². The lowest BCUT2D eigenvalue weighted by Crippen LogP contribution is -2.55. The number of hydrogen-bond acceptors (Lipinski definition) is 6. The van der Waals surface area contributed by atoms with E-state index in [1.807, 2.05) is 0 Å². The highest BCUT2D eigenvalue weighted by Crippen LogP contribution is 2.23. The van der Waals surface area contributed by atoms with Gasteiger partial charge in [0.1, 0.15) is 0 Å². The summed E-state index contributed by atoms with van der Waals surface area (Å²) in [6.45, 7) is 0.759. The Balaban J connectivity index is 2.29. The first-order chi connectivity index (χ1) is 10.8. The van der Waals surface area contributed by atoms with E-state index in [2.05, 4.69) is 9.72 Å². The van der Waals surface area contributed by atoms with E-state index in [9.17, 15) is 23.2 Å². The van der Waals surface area contributed by atoms with Crippen molar-refractivity contribution in [1.82, 2.24) is 4.98 Å². The summed E-state index contributed by atoms with van der Waals surface area (Å²) in [6, 6.07) is 1.86. The van der Waals surface area contributed by atoms with E-state index >= 15 is 0 Å². The number of halogens is 2. The molecule has 0 saturated carbocycles. The highest BCUT2D eigenvalue weighted by Gasteiger charge is 2.43. The maximum Gasteiger partial charge on any atom is 0.348 e. The molecule has 1 N–H and O–H groups in total. The minimum absolute atomic E-state index is 0.0913. The lowest BCUT2D eigenvalue weighted by Gasteiger charge is -2.34. The van der Waals surface area contributed by atoms with Gasteiger partial charge in [0.25, 0.3) is 5.91 Å².